The molecule has 0 fully saturated rings. The molecule has 1 heterocycles. The maximum absolute atomic E-state index is 13.5. The number of hydrogen-bond acceptors (Lipinski definition) is 3. The minimum absolute atomic E-state index is 0.178. The summed E-state index contributed by atoms with van der Waals surface area (Å²) in [7, 11) is 0. The van der Waals surface area contributed by atoms with Crippen molar-refractivity contribution >= 4 is 40.8 Å². The van der Waals surface area contributed by atoms with Gasteiger partial charge in [0.2, 0.25) is 5.91 Å². The SMILES string of the molecule is CC(C)(C)c1cc(NC(=O)CN(Cc2ccccc2)C(=O)c2cc(Cl)cc(Cl)c2)n(-c2ccccc2)n1. The molecule has 2 amide bonds. The minimum Gasteiger partial charge on any atom is -0.325 e. The summed E-state index contributed by atoms with van der Waals surface area (Å²) in [6.07, 6.45) is 0. The first-order valence-corrected chi connectivity index (χ1v) is 12.6. The van der Waals surface area contributed by atoms with Crippen LogP contribution < -0.4 is 5.32 Å². The Morgan fingerprint density at radius 3 is 2.08 bits per heavy atom. The van der Waals surface area contributed by atoms with Crippen LogP contribution in [-0.2, 0) is 16.8 Å². The van der Waals surface area contributed by atoms with Crippen LogP contribution >= 0.6 is 23.2 Å². The molecule has 0 spiro atoms. The van der Waals surface area contributed by atoms with Crippen LogP contribution in [0.5, 0.6) is 0 Å². The lowest BCUT2D eigenvalue weighted by Gasteiger charge is -2.23. The summed E-state index contributed by atoms with van der Waals surface area (Å²) in [5.41, 5.74) is 2.63. The van der Waals surface area contributed by atoms with E-state index in [1.807, 2.05) is 66.7 Å². The average Bonchev–Trinajstić information content (AvgIpc) is 3.28. The standard InChI is InChI=1S/C29H28Cl2N4O2/c1-29(2,3)25-17-26(35(33-25)24-12-8-5-9-13-24)32-27(36)19-34(18-20-10-6-4-7-11-20)28(37)21-14-22(30)16-23(31)15-21/h4-17H,18-19H2,1-3H3,(H,32,36). The molecule has 0 aliphatic carbocycles. The quantitative estimate of drug-likeness (QED) is 0.285. The van der Waals surface area contributed by atoms with Gasteiger partial charge in [0.15, 0.2) is 0 Å². The summed E-state index contributed by atoms with van der Waals surface area (Å²) in [5, 5.41) is 8.41. The highest BCUT2D eigenvalue weighted by atomic mass is 35.5. The van der Waals surface area contributed by atoms with Gasteiger partial charge in [-0.25, -0.2) is 4.68 Å². The van der Waals surface area contributed by atoms with Crippen LogP contribution in [0.1, 0.15) is 42.4 Å². The molecule has 8 heteroatoms. The van der Waals surface area contributed by atoms with Gasteiger partial charge in [0.05, 0.1) is 11.4 Å². The first-order valence-electron chi connectivity index (χ1n) is 11.9. The van der Waals surface area contributed by atoms with E-state index in [4.69, 9.17) is 28.3 Å². The zero-order valence-electron chi connectivity index (χ0n) is 20.9. The number of carbonyl (C=O) groups is 2. The van der Waals surface area contributed by atoms with Gasteiger partial charge in [0.1, 0.15) is 12.4 Å². The number of carbonyl (C=O) groups excluding carboxylic acids is 2. The van der Waals surface area contributed by atoms with Crippen molar-refractivity contribution < 1.29 is 9.59 Å². The Bertz CT molecular complexity index is 1380. The first-order chi connectivity index (χ1) is 17.6. The third kappa shape index (κ3) is 6.79. The second kappa shape index (κ2) is 11.2. The first kappa shape index (κ1) is 26.5. The van der Waals surface area contributed by atoms with Crippen molar-refractivity contribution in [3.05, 3.63) is 112 Å². The number of rotatable bonds is 7. The fourth-order valence-corrected chi connectivity index (χ4v) is 4.35. The molecule has 0 radical (unpaired) electrons. The molecule has 0 saturated heterocycles. The monoisotopic (exact) mass is 534 g/mol. The summed E-state index contributed by atoms with van der Waals surface area (Å²) in [4.78, 5) is 28.3. The third-order valence-electron chi connectivity index (χ3n) is 5.69. The second-order valence-corrected chi connectivity index (χ2v) is 10.6. The molecule has 0 aliphatic rings. The van der Waals surface area contributed by atoms with E-state index in [1.54, 1.807) is 22.9 Å². The Labute approximate surface area is 226 Å². The summed E-state index contributed by atoms with van der Waals surface area (Å²) >= 11 is 12.3. The van der Waals surface area contributed by atoms with Gasteiger partial charge < -0.3 is 10.2 Å². The summed E-state index contributed by atoms with van der Waals surface area (Å²) in [5.74, 6) is -0.177. The number of nitrogens with one attached hydrogen (secondary N) is 1. The lowest BCUT2D eigenvalue weighted by molar-refractivity contribution is -0.117. The fourth-order valence-electron chi connectivity index (χ4n) is 3.82. The van der Waals surface area contributed by atoms with E-state index in [0.29, 0.717) is 21.4 Å². The normalized spacial score (nSPS) is 11.3. The molecule has 0 aliphatic heterocycles. The predicted octanol–water partition coefficient (Wildman–Crippen LogP) is 6.76. The number of nitrogens with zero attached hydrogens (tertiary/aromatic N) is 3. The van der Waals surface area contributed by atoms with Crippen molar-refractivity contribution in [1.29, 1.82) is 0 Å². The van der Waals surface area contributed by atoms with Gasteiger partial charge in [0, 0.05) is 33.6 Å². The van der Waals surface area contributed by atoms with Gasteiger partial charge in [-0.2, -0.15) is 5.10 Å². The molecule has 0 unspecified atom stereocenters. The van der Waals surface area contributed by atoms with E-state index < -0.39 is 0 Å². The topological polar surface area (TPSA) is 67.2 Å². The fraction of sp³-hybridized carbons (Fsp3) is 0.207. The Morgan fingerprint density at radius 2 is 1.49 bits per heavy atom. The molecule has 1 aromatic heterocycles. The lowest BCUT2D eigenvalue weighted by atomic mass is 9.92. The smallest absolute Gasteiger partial charge is 0.254 e. The molecular formula is C29H28Cl2N4O2. The third-order valence-corrected chi connectivity index (χ3v) is 6.13. The molecule has 37 heavy (non-hydrogen) atoms. The van der Waals surface area contributed by atoms with Crippen LogP contribution in [0.2, 0.25) is 10.0 Å². The van der Waals surface area contributed by atoms with Crippen molar-refractivity contribution in [3.8, 4) is 5.69 Å². The summed E-state index contributed by atoms with van der Waals surface area (Å²) in [6.45, 7) is 6.25. The molecular weight excluding hydrogens is 507 g/mol. The molecule has 6 nitrogen and oxygen atoms in total. The van der Waals surface area contributed by atoms with Crippen LogP contribution in [0.15, 0.2) is 84.9 Å². The Kier molecular flexibility index (Phi) is 8.00. The molecule has 0 atom stereocenters. The number of benzene rings is 3. The highest BCUT2D eigenvalue weighted by Gasteiger charge is 2.24. The minimum atomic E-state index is -0.352. The summed E-state index contributed by atoms with van der Waals surface area (Å²) < 4.78 is 1.71. The lowest BCUT2D eigenvalue weighted by Crippen LogP contribution is -2.37. The van der Waals surface area contributed by atoms with E-state index in [1.165, 1.54) is 4.90 Å². The number of anilines is 1. The number of aromatic nitrogens is 2. The summed E-state index contributed by atoms with van der Waals surface area (Å²) in [6, 6.07) is 25.6. The Morgan fingerprint density at radius 1 is 0.892 bits per heavy atom. The van der Waals surface area contributed by atoms with Gasteiger partial charge in [-0.1, -0.05) is 92.5 Å². The van der Waals surface area contributed by atoms with Crippen LogP contribution in [0, 0.1) is 0 Å². The highest BCUT2D eigenvalue weighted by Crippen LogP contribution is 2.26. The van der Waals surface area contributed by atoms with Crippen LogP contribution in [0.4, 0.5) is 5.82 Å². The van der Waals surface area contributed by atoms with Crippen molar-refractivity contribution in [2.75, 3.05) is 11.9 Å². The van der Waals surface area contributed by atoms with Gasteiger partial charge in [-0.15, -0.1) is 0 Å². The zero-order chi connectivity index (χ0) is 26.6. The maximum Gasteiger partial charge on any atom is 0.254 e. The highest BCUT2D eigenvalue weighted by molar-refractivity contribution is 6.35. The maximum atomic E-state index is 13.5. The van der Waals surface area contributed by atoms with E-state index in [9.17, 15) is 9.59 Å². The van der Waals surface area contributed by atoms with Gasteiger partial charge in [-0.05, 0) is 35.9 Å². The van der Waals surface area contributed by atoms with E-state index in [0.717, 1.165) is 16.9 Å². The van der Waals surface area contributed by atoms with Gasteiger partial charge in [0.25, 0.3) is 5.91 Å². The van der Waals surface area contributed by atoms with E-state index in [-0.39, 0.29) is 30.3 Å². The Hall–Kier alpha value is -3.61. The van der Waals surface area contributed by atoms with Crippen molar-refractivity contribution in [3.63, 3.8) is 0 Å². The molecule has 4 rings (SSSR count). The predicted molar refractivity (Wildman–Crippen MR) is 149 cm³/mol. The molecule has 3 aromatic carbocycles. The van der Waals surface area contributed by atoms with Crippen molar-refractivity contribution in [2.45, 2.75) is 32.7 Å². The number of amides is 2. The number of hydrogen-bond donors (Lipinski definition) is 1. The largest absolute Gasteiger partial charge is 0.325 e. The molecule has 190 valence electrons. The van der Waals surface area contributed by atoms with E-state index >= 15 is 0 Å². The number of halogens is 2. The molecule has 1 N–H and O–H groups in total. The molecule has 0 bridgehead atoms. The van der Waals surface area contributed by atoms with Crippen LogP contribution in [0.25, 0.3) is 5.69 Å². The zero-order valence-corrected chi connectivity index (χ0v) is 22.4. The van der Waals surface area contributed by atoms with Gasteiger partial charge in [-0.3, -0.25) is 9.59 Å². The van der Waals surface area contributed by atoms with Crippen LogP contribution in [0.3, 0.4) is 0 Å². The molecule has 0 saturated carbocycles. The van der Waals surface area contributed by atoms with Gasteiger partial charge >= 0.3 is 0 Å². The van der Waals surface area contributed by atoms with Crippen LogP contribution in [-0.4, -0.2) is 33.0 Å². The second-order valence-electron chi connectivity index (χ2n) is 9.77. The van der Waals surface area contributed by atoms with E-state index in [2.05, 4.69) is 26.1 Å². The number of para-hydroxylation sites is 1. The molecule has 4 aromatic rings. The average molecular weight is 535 g/mol. The Balaban J connectivity index is 1.62. The van der Waals surface area contributed by atoms with Crippen molar-refractivity contribution in [2.24, 2.45) is 0 Å². The van der Waals surface area contributed by atoms with Crippen molar-refractivity contribution in [1.82, 2.24) is 14.7 Å².